The molecule has 78 valence electrons. The first-order valence-corrected chi connectivity index (χ1v) is 6.08. The quantitative estimate of drug-likeness (QED) is 0.829. The van der Waals surface area contributed by atoms with E-state index >= 15 is 0 Å². The third kappa shape index (κ3) is 1.72. The van der Waals surface area contributed by atoms with Gasteiger partial charge >= 0.3 is 0 Å². The van der Waals surface area contributed by atoms with Crippen molar-refractivity contribution in [2.45, 2.75) is 25.4 Å². The normalized spacial score (nSPS) is 26.1. The van der Waals surface area contributed by atoms with E-state index in [-0.39, 0.29) is 6.10 Å². The lowest BCUT2D eigenvalue weighted by atomic mass is 9.94. The van der Waals surface area contributed by atoms with Gasteiger partial charge in [0.25, 0.3) is 0 Å². The molecule has 2 heterocycles. The van der Waals surface area contributed by atoms with Gasteiger partial charge in [-0.1, -0.05) is 6.92 Å². The maximum atomic E-state index is 5.85. The van der Waals surface area contributed by atoms with E-state index in [1.807, 2.05) is 18.4 Å². The standard InChI is InChI=1S/C11H17NOS/c1-3-8-7-13-10(6-12-2)11-9(8)4-5-14-11/h4-5,8,10,12H,3,6-7H2,1-2H3/t8-,10-/m0/s1. The van der Waals surface area contributed by atoms with Crippen LogP contribution in [0.5, 0.6) is 0 Å². The molecule has 0 unspecified atom stereocenters. The van der Waals surface area contributed by atoms with Crippen molar-refractivity contribution in [3.63, 3.8) is 0 Å². The minimum Gasteiger partial charge on any atom is -0.371 e. The van der Waals surface area contributed by atoms with Crippen LogP contribution in [0.1, 0.15) is 35.8 Å². The van der Waals surface area contributed by atoms with Gasteiger partial charge in [0.1, 0.15) is 6.10 Å². The van der Waals surface area contributed by atoms with Crippen LogP contribution in [0.4, 0.5) is 0 Å². The zero-order chi connectivity index (χ0) is 9.97. The second kappa shape index (κ2) is 4.43. The van der Waals surface area contributed by atoms with E-state index in [1.165, 1.54) is 16.9 Å². The van der Waals surface area contributed by atoms with Crippen LogP contribution in [0, 0.1) is 0 Å². The van der Waals surface area contributed by atoms with Crippen molar-refractivity contribution in [1.29, 1.82) is 0 Å². The molecule has 1 N–H and O–H groups in total. The fourth-order valence-electron chi connectivity index (χ4n) is 2.00. The number of hydrogen-bond donors (Lipinski definition) is 1. The summed E-state index contributed by atoms with van der Waals surface area (Å²) in [6, 6.07) is 2.26. The average Bonchev–Trinajstić information content (AvgIpc) is 2.67. The molecule has 0 spiro atoms. The molecule has 0 fully saturated rings. The first-order valence-electron chi connectivity index (χ1n) is 5.20. The Morgan fingerprint density at radius 3 is 3.21 bits per heavy atom. The van der Waals surface area contributed by atoms with E-state index in [0.29, 0.717) is 5.92 Å². The van der Waals surface area contributed by atoms with Gasteiger partial charge in [0.2, 0.25) is 0 Å². The molecule has 1 aromatic rings. The van der Waals surface area contributed by atoms with Crippen LogP contribution in [-0.2, 0) is 4.74 Å². The Labute approximate surface area is 89.3 Å². The fourth-order valence-corrected chi connectivity index (χ4v) is 3.04. The molecule has 2 nitrogen and oxygen atoms in total. The van der Waals surface area contributed by atoms with Gasteiger partial charge in [-0.2, -0.15) is 0 Å². The van der Waals surface area contributed by atoms with Gasteiger partial charge in [-0.05, 0) is 30.5 Å². The number of nitrogens with one attached hydrogen (secondary N) is 1. The molecular formula is C11H17NOS. The van der Waals surface area contributed by atoms with Crippen LogP contribution in [0.25, 0.3) is 0 Å². The number of ether oxygens (including phenoxy) is 1. The lowest BCUT2D eigenvalue weighted by molar-refractivity contribution is 0.0313. The van der Waals surface area contributed by atoms with Crippen LogP contribution < -0.4 is 5.32 Å². The van der Waals surface area contributed by atoms with Crippen LogP contribution in [-0.4, -0.2) is 20.2 Å². The number of hydrogen-bond acceptors (Lipinski definition) is 3. The van der Waals surface area contributed by atoms with Gasteiger partial charge < -0.3 is 10.1 Å². The van der Waals surface area contributed by atoms with Gasteiger partial charge in [-0.15, -0.1) is 11.3 Å². The van der Waals surface area contributed by atoms with E-state index in [2.05, 4.69) is 23.7 Å². The Morgan fingerprint density at radius 2 is 2.50 bits per heavy atom. The first-order chi connectivity index (χ1) is 6.86. The van der Waals surface area contributed by atoms with Crippen LogP contribution in [0.3, 0.4) is 0 Å². The molecule has 3 heteroatoms. The molecule has 14 heavy (non-hydrogen) atoms. The maximum absolute atomic E-state index is 5.85. The smallest absolute Gasteiger partial charge is 0.104 e. The molecule has 0 saturated carbocycles. The molecule has 2 rings (SSSR count). The van der Waals surface area contributed by atoms with Gasteiger partial charge in [-0.3, -0.25) is 0 Å². The van der Waals surface area contributed by atoms with E-state index in [1.54, 1.807) is 0 Å². The molecular weight excluding hydrogens is 194 g/mol. The zero-order valence-electron chi connectivity index (χ0n) is 8.75. The molecule has 0 saturated heterocycles. The molecule has 2 atom stereocenters. The molecule has 0 radical (unpaired) electrons. The SMILES string of the molecule is CC[C@H]1CO[C@@H](CNC)c2sccc21. The molecule has 1 aliphatic heterocycles. The third-order valence-corrected chi connectivity index (χ3v) is 3.86. The molecule has 0 bridgehead atoms. The minimum atomic E-state index is 0.276. The van der Waals surface area contributed by atoms with E-state index in [0.717, 1.165) is 13.2 Å². The summed E-state index contributed by atoms with van der Waals surface area (Å²) in [4.78, 5) is 1.43. The molecule has 0 aromatic carbocycles. The minimum absolute atomic E-state index is 0.276. The maximum Gasteiger partial charge on any atom is 0.104 e. The van der Waals surface area contributed by atoms with Crippen LogP contribution >= 0.6 is 11.3 Å². The van der Waals surface area contributed by atoms with Gasteiger partial charge in [0.15, 0.2) is 0 Å². The monoisotopic (exact) mass is 211 g/mol. The molecule has 0 aliphatic carbocycles. The predicted octanol–water partition coefficient (Wildman–Crippen LogP) is 2.53. The zero-order valence-corrected chi connectivity index (χ0v) is 9.56. The highest BCUT2D eigenvalue weighted by Crippen LogP contribution is 2.38. The lowest BCUT2D eigenvalue weighted by Gasteiger charge is -2.28. The second-order valence-corrected chi connectivity index (χ2v) is 4.67. The summed E-state index contributed by atoms with van der Waals surface area (Å²) in [7, 11) is 1.97. The highest BCUT2D eigenvalue weighted by Gasteiger charge is 2.27. The lowest BCUT2D eigenvalue weighted by Crippen LogP contribution is -2.26. The second-order valence-electron chi connectivity index (χ2n) is 3.73. The largest absolute Gasteiger partial charge is 0.371 e. The Morgan fingerprint density at radius 1 is 1.64 bits per heavy atom. The van der Waals surface area contributed by atoms with Gasteiger partial charge in [-0.25, -0.2) is 0 Å². The van der Waals surface area contributed by atoms with E-state index < -0.39 is 0 Å². The predicted molar refractivity (Wildman–Crippen MR) is 60.0 cm³/mol. The average molecular weight is 211 g/mol. The van der Waals surface area contributed by atoms with Crippen molar-refractivity contribution >= 4 is 11.3 Å². The van der Waals surface area contributed by atoms with Crippen molar-refractivity contribution in [2.24, 2.45) is 0 Å². The topological polar surface area (TPSA) is 21.3 Å². The summed E-state index contributed by atoms with van der Waals surface area (Å²) in [5, 5.41) is 5.37. The number of likely N-dealkylation sites (N-methyl/N-ethyl adjacent to an activating group) is 1. The summed E-state index contributed by atoms with van der Waals surface area (Å²) in [6.07, 6.45) is 1.45. The number of fused-ring (bicyclic) bond motifs is 1. The Bertz CT molecular complexity index is 297. The summed E-state index contributed by atoms with van der Waals surface area (Å²) in [5.74, 6) is 0.615. The Hall–Kier alpha value is -0.380. The van der Waals surface area contributed by atoms with Crippen LogP contribution in [0.2, 0.25) is 0 Å². The summed E-state index contributed by atoms with van der Waals surface area (Å²) < 4.78 is 5.85. The first kappa shape index (κ1) is 10.1. The molecule has 0 amide bonds. The Kier molecular flexibility index (Phi) is 3.21. The van der Waals surface area contributed by atoms with Crippen LogP contribution in [0.15, 0.2) is 11.4 Å². The third-order valence-electron chi connectivity index (χ3n) is 2.84. The fraction of sp³-hybridized carbons (Fsp3) is 0.636. The Balaban J connectivity index is 2.23. The summed E-state index contributed by atoms with van der Waals surface area (Å²) >= 11 is 1.83. The highest BCUT2D eigenvalue weighted by molar-refractivity contribution is 7.10. The van der Waals surface area contributed by atoms with Crippen molar-refractivity contribution < 1.29 is 4.74 Å². The van der Waals surface area contributed by atoms with E-state index in [9.17, 15) is 0 Å². The van der Waals surface area contributed by atoms with E-state index in [4.69, 9.17) is 4.74 Å². The summed E-state index contributed by atoms with van der Waals surface area (Å²) in [6.45, 7) is 4.03. The van der Waals surface area contributed by atoms with Gasteiger partial charge in [0, 0.05) is 17.3 Å². The molecule has 1 aliphatic rings. The van der Waals surface area contributed by atoms with Crippen molar-refractivity contribution in [3.05, 3.63) is 21.9 Å². The number of rotatable bonds is 3. The number of thiophene rings is 1. The van der Waals surface area contributed by atoms with Crippen molar-refractivity contribution in [1.82, 2.24) is 5.32 Å². The van der Waals surface area contributed by atoms with Gasteiger partial charge in [0.05, 0.1) is 6.61 Å². The summed E-state index contributed by atoms with van der Waals surface area (Å²) in [5.41, 5.74) is 1.52. The molecule has 1 aromatic heterocycles. The highest BCUT2D eigenvalue weighted by atomic mass is 32.1. The van der Waals surface area contributed by atoms with Crippen molar-refractivity contribution in [2.75, 3.05) is 20.2 Å². The van der Waals surface area contributed by atoms with Crippen molar-refractivity contribution in [3.8, 4) is 0 Å².